The van der Waals surface area contributed by atoms with Gasteiger partial charge in [-0.1, -0.05) is 24.3 Å². The minimum absolute atomic E-state index is 0.000401. The van der Waals surface area contributed by atoms with Gasteiger partial charge < -0.3 is 38.4 Å². The maximum Gasteiger partial charge on any atom is 0.288 e. The fourth-order valence-electron chi connectivity index (χ4n) is 4.14. The van der Waals surface area contributed by atoms with Crippen LogP contribution in [0.5, 0.6) is 0 Å². The largest absolute Gasteiger partial charge is 0.459 e. The number of aliphatic hydroxyl groups excluding tert-OH is 1. The standard InChI is InChI=1S/C28H37NO8S/c30-19-22-1-3-23(4-2-22)20-36-27-18-25(24-5-16-38-21-24)17-26(37-27)28(31)29-6-8-32-10-12-34-14-15-35-13-11-33-9-7-29/h1-5,16-17,21,25,27,30H,6-15,18-20H2. The molecule has 0 spiro atoms. The zero-order valence-corrected chi connectivity index (χ0v) is 22.4. The fourth-order valence-corrected chi connectivity index (χ4v) is 4.87. The summed E-state index contributed by atoms with van der Waals surface area (Å²) in [7, 11) is 0. The number of carbonyl (C=O) groups excluding carboxylic acids is 1. The maximum atomic E-state index is 13.6. The second kappa shape index (κ2) is 15.9. The van der Waals surface area contributed by atoms with E-state index in [1.807, 2.05) is 35.7 Å². The van der Waals surface area contributed by atoms with Crippen LogP contribution in [0.3, 0.4) is 0 Å². The Labute approximate surface area is 227 Å². The van der Waals surface area contributed by atoms with Gasteiger partial charge in [-0.25, -0.2) is 0 Å². The van der Waals surface area contributed by atoms with Crippen LogP contribution in [-0.2, 0) is 46.4 Å². The molecule has 2 aromatic rings. The van der Waals surface area contributed by atoms with Crippen molar-refractivity contribution in [3.05, 3.63) is 69.6 Å². The molecule has 4 rings (SSSR count). The second-order valence-electron chi connectivity index (χ2n) is 9.00. The molecule has 3 heterocycles. The predicted octanol–water partition coefficient (Wildman–Crippen LogP) is 3.08. The Morgan fingerprint density at radius 2 is 1.50 bits per heavy atom. The molecule has 1 saturated heterocycles. The summed E-state index contributed by atoms with van der Waals surface area (Å²) >= 11 is 1.62. The average Bonchev–Trinajstić information content (AvgIpc) is 3.49. The van der Waals surface area contributed by atoms with Crippen LogP contribution < -0.4 is 0 Å². The number of allylic oxidation sites excluding steroid dienone is 1. The number of hydrogen-bond donors (Lipinski definition) is 1. The van der Waals surface area contributed by atoms with Gasteiger partial charge in [0, 0.05) is 25.4 Å². The Bertz CT molecular complexity index is 965. The lowest BCUT2D eigenvalue weighted by Gasteiger charge is -2.31. The van der Waals surface area contributed by atoms with Crippen LogP contribution >= 0.6 is 11.3 Å². The Morgan fingerprint density at radius 1 is 0.895 bits per heavy atom. The topological polar surface area (TPSA) is 95.9 Å². The summed E-state index contributed by atoms with van der Waals surface area (Å²) in [4.78, 5) is 15.4. The van der Waals surface area contributed by atoms with Gasteiger partial charge in [-0.2, -0.15) is 11.3 Å². The number of amides is 1. The zero-order valence-electron chi connectivity index (χ0n) is 21.6. The van der Waals surface area contributed by atoms with Crippen molar-refractivity contribution in [3.8, 4) is 0 Å². The van der Waals surface area contributed by atoms with Gasteiger partial charge in [-0.05, 0) is 39.6 Å². The normalized spacial score (nSPS) is 22.6. The summed E-state index contributed by atoms with van der Waals surface area (Å²) in [5.74, 6) is 0.0634. The van der Waals surface area contributed by atoms with Gasteiger partial charge in [-0.15, -0.1) is 0 Å². The summed E-state index contributed by atoms with van der Waals surface area (Å²) < 4.78 is 34.6. The van der Waals surface area contributed by atoms with Crippen LogP contribution in [0.25, 0.3) is 0 Å². The Hall–Kier alpha value is -2.31. The molecule has 9 nitrogen and oxygen atoms in total. The third-order valence-electron chi connectivity index (χ3n) is 6.30. The Kier molecular flexibility index (Phi) is 12.0. The number of hydrogen-bond acceptors (Lipinski definition) is 9. The van der Waals surface area contributed by atoms with E-state index in [1.54, 1.807) is 16.2 Å². The Morgan fingerprint density at radius 3 is 2.08 bits per heavy atom. The average molecular weight is 548 g/mol. The van der Waals surface area contributed by atoms with Crippen LogP contribution in [-0.4, -0.2) is 88.1 Å². The third-order valence-corrected chi connectivity index (χ3v) is 7.00. The molecule has 2 atom stereocenters. The minimum Gasteiger partial charge on any atom is -0.459 e. The molecule has 38 heavy (non-hydrogen) atoms. The van der Waals surface area contributed by atoms with Crippen molar-refractivity contribution in [2.24, 2.45) is 0 Å². The van der Waals surface area contributed by atoms with Gasteiger partial charge >= 0.3 is 0 Å². The molecule has 2 aliphatic rings. The van der Waals surface area contributed by atoms with E-state index in [0.29, 0.717) is 79.0 Å². The molecule has 1 fully saturated rings. The summed E-state index contributed by atoms with van der Waals surface area (Å²) in [6.07, 6.45) is 1.93. The number of thiophene rings is 1. The smallest absolute Gasteiger partial charge is 0.288 e. The van der Waals surface area contributed by atoms with Gasteiger partial charge in [0.2, 0.25) is 6.29 Å². The van der Waals surface area contributed by atoms with Crippen molar-refractivity contribution in [1.29, 1.82) is 0 Å². The highest BCUT2D eigenvalue weighted by molar-refractivity contribution is 7.08. The van der Waals surface area contributed by atoms with Crippen LogP contribution in [0.1, 0.15) is 29.0 Å². The van der Waals surface area contributed by atoms with Crippen molar-refractivity contribution in [1.82, 2.24) is 4.90 Å². The van der Waals surface area contributed by atoms with Crippen LogP contribution in [0.4, 0.5) is 0 Å². The molecular formula is C28H37NO8S. The summed E-state index contributed by atoms with van der Waals surface area (Å²) in [5.41, 5.74) is 2.94. The highest BCUT2D eigenvalue weighted by Crippen LogP contribution is 2.33. The zero-order chi connectivity index (χ0) is 26.4. The quantitative estimate of drug-likeness (QED) is 0.590. The number of carbonyl (C=O) groups is 1. The predicted molar refractivity (Wildman–Crippen MR) is 142 cm³/mol. The van der Waals surface area contributed by atoms with Crippen LogP contribution in [0, 0.1) is 0 Å². The molecule has 0 saturated carbocycles. The van der Waals surface area contributed by atoms with Crippen molar-refractivity contribution in [2.75, 3.05) is 65.9 Å². The molecule has 208 valence electrons. The van der Waals surface area contributed by atoms with Crippen LogP contribution in [0.2, 0.25) is 0 Å². The first-order valence-corrected chi connectivity index (χ1v) is 14.0. The summed E-state index contributed by atoms with van der Waals surface area (Å²) in [6, 6.07) is 9.65. The SMILES string of the molecule is O=C(C1=CC(c2ccsc2)CC(OCc2ccc(CO)cc2)O1)N1CCOCCOCCOCCOCC1. The number of ether oxygens (including phenoxy) is 6. The van der Waals surface area contributed by atoms with E-state index in [2.05, 4.69) is 11.4 Å². The highest BCUT2D eigenvalue weighted by atomic mass is 32.1. The number of rotatable bonds is 6. The maximum absolute atomic E-state index is 13.6. The van der Waals surface area contributed by atoms with Gasteiger partial charge in [0.15, 0.2) is 5.76 Å². The molecule has 0 radical (unpaired) electrons. The number of benzene rings is 1. The lowest BCUT2D eigenvalue weighted by atomic mass is 9.95. The molecule has 1 N–H and O–H groups in total. The van der Waals surface area contributed by atoms with Gasteiger partial charge in [0.1, 0.15) is 0 Å². The summed E-state index contributed by atoms with van der Waals surface area (Å²) in [6.45, 7) is 4.82. The molecule has 1 aromatic heterocycles. The number of nitrogens with zero attached hydrogens (tertiary/aromatic N) is 1. The van der Waals surface area contributed by atoms with E-state index in [9.17, 15) is 9.90 Å². The van der Waals surface area contributed by atoms with Crippen LogP contribution in [0.15, 0.2) is 52.9 Å². The van der Waals surface area contributed by atoms with Crippen molar-refractivity contribution in [3.63, 3.8) is 0 Å². The second-order valence-corrected chi connectivity index (χ2v) is 9.78. The Balaban J connectivity index is 1.42. The first kappa shape index (κ1) is 28.7. The highest BCUT2D eigenvalue weighted by Gasteiger charge is 2.31. The molecule has 0 bridgehead atoms. The molecule has 2 unspecified atom stereocenters. The van der Waals surface area contributed by atoms with Crippen molar-refractivity contribution in [2.45, 2.75) is 31.8 Å². The van der Waals surface area contributed by atoms with Gasteiger partial charge in [0.25, 0.3) is 5.91 Å². The van der Waals surface area contributed by atoms with E-state index < -0.39 is 6.29 Å². The first-order valence-electron chi connectivity index (χ1n) is 13.0. The van der Waals surface area contributed by atoms with E-state index in [1.165, 1.54) is 0 Å². The molecule has 1 amide bonds. The fraction of sp³-hybridized carbons (Fsp3) is 0.536. The van der Waals surface area contributed by atoms with E-state index >= 15 is 0 Å². The first-order chi connectivity index (χ1) is 18.7. The van der Waals surface area contributed by atoms with Gasteiger partial charge in [0.05, 0.1) is 66.1 Å². The third kappa shape index (κ3) is 9.16. The molecule has 2 aliphatic heterocycles. The van der Waals surface area contributed by atoms with E-state index in [-0.39, 0.29) is 24.2 Å². The summed E-state index contributed by atoms with van der Waals surface area (Å²) in [5, 5.41) is 13.4. The lowest BCUT2D eigenvalue weighted by Crippen LogP contribution is -2.40. The molecule has 0 aliphatic carbocycles. The van der Waals surface area contributed by atoms with E-state index in [0.717, 1.165) is 16.7 Å². The molecular weight excluding hydrogens is 510 g/mol. The minimum atomic E-state index is -0.577. The van der Waals surface area contributed by atoms with E-state index in [4.69, 9.17) is 28.4 Å². The molecule has 1 aromatic carbocycles. The number of aliphatic hydroxyl groups is 1. The van der Waals surface area contributed by atoms with Crippen molar-refractivity contribution >= 4 is 17.2 Å². The van der Waals surface area contributed by atoms with Crippen molar-refractivity contribution < 1.29 is 38.3 Å². The molecule has 10 heteroatoms. The lowest BCUT2D eigenvalue weighted by molar-refractivity contribution is -0.156. The monoisotopic (exact) mass is 547 g/mol. The van der Waals surface area contributed by atoms with Gasteiger partial charge in [-0.3, -0.25) is 4.79 Å².